The predicted octanol–water partition coefficient (Wildman–Crippen LogP) is 3.91. The first-order chi connectivity index (χ1) is 16.6. The van der Waals surface area contributed by atoms with Gasteiger partial charge in [0.2, 0.25) is 5.91 Å². The summed E-state index contributed by atoms with van der Waals surface area (Å²) in [6.07, 6.45) is 1.90. The Morgan fingerprint density at radius 1 is 1.15 bits per heavy atom. The number of rotatable bonds is 6. The van der Waals surface area contributed by atoms with Crippen molar-refractivity contribution in [1.82, 2.24) is 25.0 Å². The fourth-order valence-corrected chi connectivity index (χ4v) is 4.27. The van der Waals surface area contributed by atoms with E-state index in [9.17, 15) is 4.79 Å². The van der Waals surface area contributed by atoms with Crippen molar-refractivity contribution in [2.24, 2.45) is 0 Å². The molecule has 0 spiro atoms. The van der Waals surface area contributed by atoms with Crippen LogP contribution >= 0.6 is 0 Å². The summed E-state index contributed by atoms with van der Waals surface area (Å²) in [5, 5.41) is 16.0. The minimum atomic E-state index is -0.160. The minimum absolute atomic E-state index is 0.0997. The van der Waals surface area contributed by atoms with Gasteiger partial charge in [-0.3, -0.25) is 4.79 Å². The van der Waals surface area contributed by atoms with Gasteiger partial charge < -0.3 is 14.8 Å². The van der Waals surface area contributed by atoms with Crippen molar-refractivity contribution in [3.63, 3.8) is 0 Å². The van der Waals surface area contributed by atoms with Crippen LogP contribution in [0.3, 0.4) is 0 Å². The summed E-state index contributed by atoms with van der Waals surface area (Å²) < 4.78 is 12.5. The molecular weight excluding hydrogens is 432 g/mol. The minimum Gasteiger partial charge on any atom is -0.497 e. The quantitative estimate of drug-likeness (QED) is 0.469. The number of hydrogen-bond acceptors (Lipinski definition) is 7. The Morgan fingerprint density at radius 3 is 2.79 bits per heavy atom. The van der Waals surface area contributed by atoms with Gasteiger partial charge in [0.05, 0.1) is 31.3 Å². The topological polar surface area (TPSA) is 104 Å². The number of ether oxygens (including phenoxy) is 2. The zero-order valence-corrected chi connectivity index (χ0v) is 19.1. The molecular formula is C25H24N6O3. The zero-order valence-electron chi connectivity index (χ0n) is 19.1. The smallest absolute Gasteiger partial charge is 0.272 e. The van der Waals surface area contributed by atoms with Gasteiger partial charge in [0.1, 0.15) is 17.3 Å². The molecule has 1 N–H and O–H groups in total. The summed E-state index contributed by atoms with van der Waals surface area (Å²) >= 11 is 0. The van der Waals surface area contributed by atoms with E-state index in [1.54, 1.807) is 18.0 Å². The number of aromatic nitrogens is 5. The van der Waals surface area contributed by atoms with Crippen molar-refractivity contribution in [1.29, 1.82) is 0 Å². The number of hydrogen-bond donors (Lipinski definition) is 1. The van der Waals surface area contributed by atoms with Crippen LogP contribution in [0.4, 0.5) is 5.82 Å². The molecule has 0 saturated heterocycles. The molecule has 1 amide bonds. The molecule has 0 aliphatic carbocycles. The maximum absolute atomic E-state index is 12.7. The van der Waals surface area contributed by atoms with Gasteiger partial charge in [-0.25, -0.2) is 4.98 Å². The Morgan fingerprint density at radius 2 is 1.97 bits per heavy atom. The maximum Gasteiger partial charge on any atom is 0.272 e. The summed E-state index contributed by atoms with van der Waals surface area (Å²) in [7, 11) is 1.62. The molecule has 0 bridgehead atoms. The Hall–Kier alpha value is -4.27. The molecule has 4 aromatic rings. The van der Waals surface area contributed by atoms with Crippen LogP contribution in [0.1, 0.15) is 36.1 Å². The largest absolute Gasteiger partial charge is 0.497 e. The fourth-order valence-electron chi connectivity index (χ4n) is 4.27. The molecule has 1 aliphatic rings. The molecule has 2 aromatic heterocycles. The number of aryl methyl sites for hydroxylation is 1. The van der Waals surface area contributed by atoms with Crippen molar-refractivity contribution in [3.8, 4) is 28.7 Å². The Kier molecular flexibility index (Phi) is 5.67. The molecule has 3 heterocycles. The lowest BCUT2D eigenvalue weighted by Crippen LogP contribution is -2.25. The van der Waals surface area contributed by atoms with Gasteiger partial charge in [-0.15, -0.1) is 5.10 Å². The number of carbonyl (C=O) groups is 1. The molecule has 1 unspecified atom stereocenters. The number of carbonyl (C=O) groups excluding carboxylic acids is 1. The van der Waals surface area contributed by atoms with Crippen molar-refractivity contribution < 1.29 is 14.3 Å². The summed E-state index contributed by atoms with van der Waals surface area (Å²) in [6, 6.07) is 15.4. The molecule has 1 aliphatic heterocycles. The van der Waals surface area contributed by atoms with E-state index in [1.165, 1.54) is 0 Å². The van der Waals surface area contributed by atoms with Crippen molar-refractivity contribution >= 4 is 11.7 Å². The zero-order chi connectivity index (χ0) is 23.7. The molecule has 172 valence electrons. The van der Waals surface area contributed by atoms with Gasteiger partial charge >= 0.3 is 0 Å². The Bertz CT molecular complexity index is 1370. The first-order valence-electron chi connectivity index (χ1n) is 11.0. The lowest BCUT2D eigenvalue weighted by molar-refractivity contribution is -0.116. The van der Waals surface area contributed by atoms with Crippen LogP contribution in [0, 0.1) is 6.92 Å². The number of nitrogens with zero attached hydrogens (tertiary/aromatic N) is 5. The van der Waals surface area contributed by atoms with E-state index in [1.807, 2.05) is 62.4 Å². The first-order valence-corrected chi connectivity index (χ1v) is 11.0. The van der Waals surface area contributed by atoms with Gasteiger partial charge in [0.25, 0.3) is 5.95 Å². The van der Waals surface area contributed by atoms with Crippen LogP contribution in [-0.2, 0) is 4.79 Å². The van der Waals surface area contributed by atoms with E-state index in [2.05, 4.69) is 25.6 Å². The Balaban J connectivity index is 1.58. The van der Waals surface area contributed by atoms with Crippen molar-refractivity contribution in [2.45, 2.75) is 26.2 Å². The predicted molar refractivity (Wildman–Crippen MR) is 126 cm³/mol. The van der Waals surface area contributed by atoms with E-state index in [-0.39, 0.29) is 17.8 Å². The van der Waals surface area contributed by atoms with Gasteiger partial charge in [0.15, 0.2) is 0 Å². The van der Waals surface area contributed by atoms with Gasteiger partial charge in [-0.05, 0) is 43.7 Å². The van der Waals surface area contributed by atoms with E-state index in [4.69, 9.17) is 9.47 Å². The van der Waals surface area contributed by atoms with Crippen LogP contribution < -0.4 is 14.8 Å². The number of anilines is 1. The standard InChI is InChI=1S/C25H24N6O3/c1-4-34-19-10-5-7-16(11-19)20-13-22(32)28-24-23(20)15(2)30-31(24)25-27-21(14-26-29-25)17-8-6-9-18(12-17)33-3/h5-12,14,20H,4,13H2,1-3H3,(H,28,32). The van der Waals surface area contributed by atoms with Crippen LogP contribution in [0.25, 0.3) is 17.2 Å². The summed E-state index contributed by atoms with van der Waals surface area (Å²) in [4.78, 5) is 17.4. The van der Waals surface area contributed by atoms with Crippen molar-refractivity contribution in [3.05, 3.63) is 71.5 Å². The van der Waals surface area contributed by atoms with E-state index >= 15 is 0 Å². The number of methoxy groups -OCH3 is 1. The molecule has 5 rings (SSSR count). The normalized spacial score (nSPS) is 14.9. The number of fused-ring (bicyclic) bond motifs is 1. The van der Waals surface area contributed by atoms with E-state index < -0.39 is 0 Å². The average molecular weight is 457 g/mol. The van der Waals surface area contributed by atoms with Crippen LogP contribution in [0.15, 0.2) is 54.7 Å². The number of amides is 1. The second-order valence-electron chi connectivity index (χ2n) is 7.94. The highest BCUT2D eigenvalue weighted by Gasteiger charge is 2.33. The second kappa shape index (κ2) is 8.93. The first kappa shape index (κ1) is 21.6. The molecule has 1 atom stereocenters. The third kappa shape index (κ3) is 3.96. The highest BCUT2D eigenvalue weighted by atomic mass is 16.5. The molecule has 0 radical (unpaired) electrons. The SMILES string of the molecule is CCOc1cccc(C2CC(=O)Nc3c2c(C)nn3-c2nncc(-c3cccc(OC)c3)n2)c1. The lowest BCUT2D eigenvalue weighted by atomic mass is 9.86. The molecule has 0 fully saturated rings. The molecule has 0 saturated carbocycles. The highest BCUT2D eigenvalue weighted by Crippen LogP contribution is 2.40. The van der Waals surface area contributed by atoms with Crippen LogP contribution in [-0.4, -0.2) is 44.6 Å². The third-order valence-electron chi connectivity index (χ3n) is 5.78. The van der Waals surface area contributed by atoms with E-state index in [0.29, 0.717) is 24.5 Å². The summed E-state index contributed by atoms with van der Waals surface area (Å²) in [5.74, 6) is 2.06. The van der Waals surface area contributed by atoms with Crippen LogP contribution in [0.2, 0.25) is 0 Å². The number of benzene rings is 2. The molecule has 9 nitrogen and oxygen atoms in total. The maximum atomic E-state index is 12.7. The number of nitrogens with one attached hydrogen (secondary N) is 1. The third-order valence-corrected chi connectivity index (χ3v) is 5.78. The van der Waals surface area contributed by atoms with Gasteiger partial charge in [-0.2, -0.15) is 14.9 Å². The molecule has 34 heavy (non-hydrogen) atoms. The lowest BCUT2D eigenvalue weighted by Gasteiger charge is -2.24. The molecule has 2 aromatic carbocycles. The summed E-state index contributed by atoms with van der Waals surface area (Å²) in [6.45, 7) is 4.44. The fraction of sp³-hybridized carbons (Fsp3) is 0.240. The Labute approximate surface area is 196 Å². The van der Waals surface area contributed by atoms with E-state index in [0.717, 1.165) is 33.9 Å². The second-order valence-corrected chi connectivity index (χ2v) is 7.94. The average Bonchev–Trinajstić information content (AvgIpc) is 3.20. The van der Waals surface area contributed by atoms with Crippen molar-refractivity contribution in [2.75, 3.05) is 19.0 Å². The summed E-state index contributed by atoms with van der Waals surface area (Å²) in [5.41, 5.74) is 4.17. The van der Waals surface area contributed by atoms with Gasteiger partial charge in [0, 0.05) is 23.5 Å². The van der Waals surface area contributed by atoms with Gasteiger partial charge in [-0.1, -0.05) is 24.3 Å². The monoisotopic (exact) mass is 456 g/mol. The van der Waals surface area contributed by atoms with Crippen LogP contribution in [0.5, 0.6) is 11.5 Å². The molecule has 9 heteroatoms. The highest BCUT2D eigenvalue weighted by molar-refractivity contribution is 5.95.